The van der Waals surface area contributed by atoms with Crippen LogP contribution >= 0.6 is 0 Å². The second kappa shape index (κ2) is 6.56. The first-order valence-electron chi connectivity index (χ1n) is 7.00. The van der Waals surface area contributed by atoms with E-state index >= 15 is 0 Å². The Hall–Kier alpha value is -1.11. The fourth-order valence-corrected chi connectivity index (χ4v) is 3.54. The normalized spacial score (nSPS) is 18.2. The van der Waals surface area contributed by atoms with Gasteiger partial charge in [-0.05, 0) is 42.9 Å². The molecule has 1 heterocycles. The first-order chi connectivity index (χ1) is 9.47. The molecule has 0 unspecified atom stereocenters. The number of piperidine rings is 1. The molecule has 5 nitrogen and oxygen atoms in total. The van der Waals surface area contributed by atoms with Crippen LogP contribution < -0.4 is 4.72 Å². The van der Waals surface area contributed by atoms with Crippen molar-refractivity contribution in [3.8, 4) is 5.75 Å². The summed E-state index contributed by atoms with van der Waals surface area (Å²) in [6.07, 6.45) is 2.47. The fourth-order valence-electron chi connectivity index (χ4n) is 2.30. The molecule has 2 rings (SSSR count). The lowest BCUT2D eigenvalue weighted by Gasteiger charge is -2.29. The zero-order valence-corrected chi connectivity index (χ0v) is 12.6. The number of rotatable bonds is 5. The van der Waals surface area contributed by atoms with Gasteiger partial charge in [-0.2, -0.15) is 12.7 Å². The van der Waals surface area contributed by atoms with E-state index in [9.17, 15) is 13.5 Å². The van der Waals surface area contributed by atoms with Crippen LogP contribution in [0.3, 0.4) is 0 Å². The molecule has 1 aliphatic heterocycles. The van der Waals surface area contributed by atoms with Crippen LogP contribution in [0.4, 0.5) is 0 Å². The van der Waals surface area contributed by atoms with Crippen molar-refractivity contribution in [2.45, 2.75) is 26.2 Å². The molecule has 0 amide bonds. The highest BCUT2D eigenvalue weighted by Crippen LogP contribution is 2.18. The van der Waals surface area contributed by atoms with Crippen molar-refractivity contribution < 1.29 is 13.5 Å². The van der Waals surface area contributed by atoms with Crippen LogP contribution in [0.25, 0.3) is 0 Å². The largest absolute Gasteiger partial charge is 0.508 e. The van der Waals surface area contributed by atoms with Gasteiger partial charge in [-0.3, -0.25) is 0 Å². The van der Waals surface area contributed by atoms with Gasteiger partial charge < -0.3 is 5.11 Å². The van der Waals surface area contributed by atoms with E-state index in [-0.39, 0.29) is 5.75 Å². The monoisotopic (exact) mass is 298 g/mol. The summed E-state index contributed by atoms with van der Waals surface area (Å²) in [5.74, 6) is 0.829. The molecule has 0 atom stereocenters. The number of nitrogens with one attached hydrogen (secondary N) is 1. The van der Waals surface area contributed by atoms with Gasteiger partial charge in [0.2, 0.25) is 0 Å². The third-order valence-corrected chi connectivity index (χ3v) is 5.33. The van der Waals surface area contributed by atoms with Crippen molar-refractivity contribution in [3.63, 3.8) is 0 Å². The average molecular weight is 298 g/mol. The van der Waals surface area contributed by atoms with Crippen molar-refractivity contribution in [1.29, 1.82) is 0 Å². The lowest BCUT2D eigenvalue weighted by Crippen LogP contribution is -2.45. The van der Waals surface area contributed by atoms with E-state index in [0.29, 0.717) is 32.0 Å². The summed E-state index contributed by atoms with van der Waals surface area (Å²) in [4.78, 5) is 0. The Morgan fingerprint density at radius 2 is 1.85 bits per heavy atom. The summed E-state index contributed by atoms with van der Waals surface area (Å²) in [6.45, 7) is 3.74. The van der Waals surface area contributed by atoms with E-state index in [0.717, 1.165) is 18.4 Å². The van der Waals surface area contributed by atoms with Gasteiger partial charge in [0, 0.05) is 19.6 Å². The van der Waals surface area contributed by atoms with Gasteiger partial charge in [0.15, 0.2) is 0 Å². The number of phenolic OH excluding ortho intramolecular Hbond substituents is 1. The topological polar surface area (TPSA) is 69.6 Å². The maximum atomic E-state index is 12.1. The molecular weight excluding hydrogens is 276 g/mol. The molecule has 1 aromatic carbocycles. The van der Waals surface area contributed by atoms with E-state index in [4.69, 9.17) is 0 Å². The highest BCUT2D eigenvalue weighted by atomic mass is 32.2. The van der Waals surface area contributed by atoms with Crippen molar-refractivity contribution in [2.24, 2.45) is 5.92 Å². The maximum absolute atomic E-state index is 12.1. The maximum Gasteiger partial charge on any atom is 0.279 e. The molecule has 0 saturated carbocycles. The summed E-state index contributed by atoms with van der Waals surface area (Å²) in [7, 11) is -3.35. The number of aromatic hydroxyl groups is 1. The van der Waals surface area contributed by atoms with Crippen molar-refractivity contribution in [2.75, 3.05) is 19.6 Å². The van der Waals surface area contributed by atoms with Crippen LogP contribution in [-0.4, -0.2) is 37.5 Å². The predicted octanol–water partition coefficient (Wildman–Crippen LogP) is 1.50. The van der Waals surface area contributed by atoms with E-state index < -0.39 is 10.2 Å². The molecule has 0 spiro atoms. The van der Waals surface area contributed by atoms with E-state index in [1.54, 1.807) is 24.3 Å². The predicted molar refractivity (Wildman–Crippen MR) is 78.7 cm³/mol. The Labute approximate surface area is 120 Å². The average Bonchev–Trinajstić information content (AvgIpc) is 2.41. The Morgan fingerprint density at radius 3 is 2.45 bits per heavy atom. The zero-order valence-electron chi connectivity index (χ0n) is 11.7. The molecule has 20 heavy (non-hydrogen) atoms. The lowest BCUT2D eigenvalue weighted by atomic mass is 10.0. The summed E-state index contributed by atoms with van der Waals surface area (Å²) < 4.78 is 28.4. The fraction of sp³-hybridized carbons (Fsp3) is 0.571. The molecule has 6 heteroatoms. The Balaban J connectivity index is 1.82. The van der Waals surface area contributed by atoms with Crippen molar-refractivity contribution in [1.82, 2.24) is 9.03 Å². The van der Waals surface area contributed by atoms with E-state index in [2.05, 4.69) is 11.6 Å². The molecule has 1 fully saturated rings. The van der Waals surface area contributed by atoms with Crippen molar-refractivity contribution >= 4 is 10.2 Å². The van der Waals surface area contributed by atoms with Gasteiger partial charge >= 0.3 is 0 Å². The third kappa shape index (κ3) is 4.19. The van der Waals surface area contributed by atoms with Gasteiger partial charge in [-0.15, -0.1) is 0 Å². The highest BCUT2D eigenvalue weighted by Gasteiger charge is 2.25. The number of nitrogens with zero attached hydrogens (tertiary/aromatic N) is 1. The number of phenols is 1. The molecule has 0 bridgehead atoms. The Kier molecular flexibility index (Phi) is 5.01. The summed E-state index contributed by atoms with van der Waals surface area (Å²) in [5.41, 5.74) is 0.998. The Bertz CT molecular complexity index is 520. The summed E-state index contributed by atoms with van der Waals surface area (Å²) in [5, 5.41) is 9.18. The Morgan fingerprint density at radius 1 is 1.25 bits per heavy atom. The molecule has 1 saturated heterocycles. The van der Waals surface area contributed by atoms with Gasteiger partial charge in [-0.1, -0.05) is 19.1 Å². The number of benzene rings is 1. The van der Waals surface area contributed by atoms with Crippen LogP contribution in [0.5, 0.6) is 5.75 Å². The second-order valence-corrected chi connectivity index (χ2v) is 7.15. The lowest BCUT2D eigenvalue weighted by molar-refractivity contribution is 0.285. The molecule has 112 valence electrons. The molecule has 0 aliphatic carbocycles. The minimum absolute atomic E-state index is 0.219. The first kappa shape index (κ1) is 15.3. The molecule has 0 aromatic heterocycles. The van der Waals surface area contributed by atoms with Gasteiger partial charge in [-0.25, -0.2) is 4.72 Å². The molecule has 1 aliphatic rings. The molecular formula is C14H22N2O3S. The van der Waals surface area contributed by atoms with Crippen molar-refractivity contribution in [3.05, 3.63) is 29.8 Å². The quantitative estimate of drug-likeness (QED) is 0.865. The van der Waals surface area contributed by atoms with E-state index in [1.165, 1.54) is 4.31 Å². The SMILES string of the molecule is CC1CCN(S(=O)(=O)NCCc2ccc(O)cc2)CC1. The van der Waals surface area contributed by atoms with Crippen LogP contribution in [0.15, 0.2) is 24.3 Å². The second-order valence-electron chi connectivity index (χ2n) is 5.40. The third-order valence-electron chi connectivity index (χ3n) is 3.72. The number of hydrogen-bond donors (Lipinski definition) is 2. The van der Waals surface area contributed by atoms with Gasteiger partial charge in [0.25, 0.3) is 10.2 Å². The van der Waals surface area contributed by atoms with Crippen LogP contribution in [-0.2, 0) is 16.6 Å². The van der Waals surface area contributed by atoms with Crippen LogP contribution in [0.2, 0.25) is 0 Å². The van der Waals surface area contributed by atoms with Crippen LogP contribution in [0.1, 0.15) is 25.3 Å². The van der Waals surface area contributed by atoms with Crippen LogP contribution in [0, 0.1) is 5.92 Å². The van der Waals surface area contributed by atoms with Gasteiger partial charge in [0.05, 0.1) is 0 Å². The standard InChI is InChI=1S/C14H22N2O3S/c1-12-7-10-16(11-8-12)20(18,19)15-9-6-13-2-4-14(17)5-3-13/h2-5,12,15,17H,6-11H2,1H3. The molecule has 0 radical (unpaired) electrons. The molecule has 2 N–H and O–H groups in total. The first-order valence-corrected chi connectivity index (χ1v) is 8.44. The van der Waals surface area contributed by atoms with E-state index in [1.807, 2.05) is 0 Å². The minimum atomic E-state index is -3.35. The summed E-state index contributed by atoms with van der Waals surface area (Å²) in [6, 6.07) is 6.81. The van der Waals surface area contributed by atoms with Gasteiger partial charge in [0.1, 0.15) is 5.75 Å². The smallest absolute Gasteiger partial charge is 0.279 e. The zero-order chi connectivity index (χ0) is 14.6. The number of hydrogen-bond acceptors (Lipinski definition) is 3. The minimum Gasteiger partial charge on any atom is -0.508 e. The highest BCUT2D eigenvalue weighted by molar-refractivity contribution is 7.87. The summed E-state index contributed by atoms with van der Waals surface area (Å²) >= 11 is 0. The molecule has 1 aromatic rings.